The second kappa shape index (κ2) is 7.11. The SMILES string of the molecule is CC(C)(C)OC(=O)CCC(C(N)=O)N1Cc2c(CCl)csc2C1=O. The molecule has 1 aromatic rings. The molecule has 1 unspecified atom stereocenters. The topological polar surface area (TPSA) is 89.7 Å². The number of carbonyl (C=O) groups excluding carboxylic acids is 3. The van der Waals surface area contributed by atoms with Crippen molar-refractivity contribution in [2.75, 3.05) is 0 Å². The second-order valence-corrected chi connectivity index (χ2v) is 7.83. The summed E-state index contributed by atoms with van der Waals surface area (Å²) in [5.41, 5.74) is 6.61. The maximum atomic E-state index is 12.5. The maximum Gasteiger partial charge on any atom is 0.306 e. The molecule has 0 aromatic carbocycles. The predicted molar refractivity (Wildman–Crippen MR) is 91.8 cm³/mol. The van der Waals surface area contributed by atoms with Crippen LogP contribution in [-0.4, -0.2) is 34.3 Å². The lowest BCUT2D eigenvalue weighted by Gasteiger charge is -2.26. The van der Waals surface area contributed by atoms with E-state index in [1.165, 1.54) is 16.2 Å². The maximum absolute atomic E-state index is 12.5. The molecule has 2 rings (SSSR count). The van der Waals surface area contributed by atoms with Gasteiger partial charge < -0.3 is 15.4 Å². The van der Waals surface area contributed by atoms with Crippen LogP contribution in [0.4, 0.5) is 0 Å². The fourth-order valence-electron chi connectivity index (χ4n) is 2.61. The van der Waals surface area contributed by atoms with E-state index in [1.54, 1.807) is 20.8 Å². The Morgan fingerprint density at radius 3 is 2.67 bits per heavy atom. The molecule has 1 atom stereocenters. The molecule has 2 heterocycles. The number of carbonyl (C=O) groups is 3. The molecule has 2 N–H and O–H groups in total. The molecule has 1 aromatic heterocycles. The molecule has 0 radical (unpaired) electrons. The van der Waals surface area contributed by atoms with E-state index in [4.69, 9.17) is 22.1 Å². The molecular weight excluding hydrogens is 352 g/mol. The Morgan fingerprint density at radius 1 is 1.46 bits per heavy atom. The third-order valence-corrected chi connectivity index (χ3v) is 5.00. The lowest BCUT2D eigenvalue weighted by Crippen LogP contribution is -2.45. The van der Waals surface area contributed by atoms with Gasteiger partial charge in [0.1, 0.15) is 11.6 Å². The van der Waals surface area contributed by atoms with Crippen LogP contribution in [0.15, 0.2) is 5.38 Å². The van der Waals surface area contributed by atoms with Crippen molar-refractivity contribution in [3.8, 4) is 0 Å². The Kier molecular flexibility index (Phi) is 5.55. The Labute approximate surface area is 149 Å². The number of nitrogens with zero attached hydrogens (tertiary/aromatic N) is 1. The summed E-state index contributed by atoms with van der Waals surface area (Å²) in [6, 6.07) is -0.840. The van der Waals surface area contributed by atoms with Gasteiger partial charge in [-0.25, -0.2) is 0 Å². The Bertz CT molecular complexity index is 666. The summed E-state index contributed by atoms with van der Waals surface area (Å²) in [7, 11) is 0. The average Bonchev–Trinajstić information content (AvgIpc) is 2.98. The van der Waals surface area contributed by atoms with E-state index in [9.17, 15) is 14.4 Å². The molecular formula is C16H21ClN2O4S. The molecule has 0 saturated heterocycles. The van der Waals surface area contributed by atoms with Crippen LogP contribution in [0.25, 0.3) is 0 Å². The molecule has 1 aliphatic rings. The first-order valence-corrected chi connectivity index (χ1v) is 9.02. The number of hydrogen-bond donors (Lipinski definition) is 1. The third kappa shape index (κ3) is 4.08. The molecule has 24 heavy (non-hydrogen) atoms. The summed E-state index contributed by atoms with van der Waals surface area (Å²) in [6.45, 7) is 5.60. The standard InChI is InChI=1S/C16H21ClN2O4S/c1-16(2,3)23-12(20)5-4-11(14(18)21)19-7-10-9(6-17)8-24-13(10)15(19)22/h8,11H,4-7H2,1-3H3,(H2,18,21). The number of primary amides is 1. The first-order valence-electron chi connectivity index (χ1n) is 7.61. The summed E-state index contributed by atoms with van der Waals surface area (Å²) < 4.78 is 5.23. The number of fused-ring (bicyclic) bond motifs is 1. The van der Waals surface area contributed by atoms with E-state index < -0.39 is 23.5 Å². The lowest BCUT2D eigenvalue weighted by molar-refractivity contribution is -0.155. The van der Waals surface area contributed by atoms with Crippen molar-refractivity contribution in [3.63, 3.8) is 0 Å². The predicted octanol–water partition coefficient (Wildman–Crippen LogP) is 2.42. The van der Waals surface area contributed by atoms with E-state index in [0.29, 0.717) is 17.3 Å². The first kappa shape index (κ1) is 18.7. The van der Waals surface area contributed by atoms with Crippen LogP contribution in [0.1, 0.15) is 54.4 Å². The molecule has 2 amide bonds. The van der Waals surface area contributed by atoms with Gasteiger partial charge in [-0.15, -0.1) is 22.9 Å². The van der Waals surface area contributed by atoms with Crippen LogP contribution < -0.4 is 5.73 Å². The van der Waals surface area contributed by atoms with Crippen LogP contribution in [0.2, 0.25) is 0 Å². The highest BCUT2D eigenvalue weighted by Gasteiger charge is 2.38. The second-order valence-electron chi connectivity index (χ2n) is 6.68. The fraction of sp³-hybridized carbons (Fsp3) is 0.562. The number of halogens is 1. The molecule has 0 spiro atoms. The van der Waals surface area contributed by atoms with Gasteiger partial charge in [-0.1, -0.05) is 0 Å². The van der Waals surface area contributed by atoms with Crippen LogP contribution in [0.3, 0.4) is 0 Å². The molecule has 132 valence electrons. The zero-order valence-electron chi connectivity index (χ0n) is 13.9. The van der Waals surface area contributed by atoms with Crippen molar-refractivity contribution in [2.24, 2.45) is 5.73 Å². The van der Waals surface area contributed by atoms with Gasteiger partial charge in [0.25, 0.3) is 5.91 Å². The van der Waals surface area contributed by atoms with Gasteiger partial charge in [0.15, 0.2) is 0 Å². The van der Waals surface area contributed by atoms with Crippen LogP contribution in [0, 0.1) is 0 Å². The quantitative estimate of drug-likeness (QED) is 0.613. The number of hydrogen-bond acceptors (Lipinski definition) is 5. The number of amides is 2. The number of thiophene rings is 1. The van der Waals surface area contributed by atoms with E-state index in [2.05, 4.69) is 0 Å². The Balaban J connectivity index is 2.07. The highest BCUT2D eigenvalue weighted by atomic mass is 35.5. The minimum atomic E-state index is -0.840. The smallest absolute Gasteiger partial charge is 0.306 e. The van der Waals surface area contributed by atoms with E-state index in [0.717, 1.165) is 11.1 Å². The van der Waals surface area contributed by atoms with Crippen molar-refractivity contribution < 1.29 is 19.1 Å². The van der Waals surface area contributed by atoms with Crippen LogP contribution in [-0.2, 0) is 26.8 Å². The highest BCUT2D eigenvalue weighted by molar-refractivity contribution is 7.12. The van der Waals surface area contributed by atoms with Gasteiger partial charge in [-0.2, -0.15) is 0 Å². The van der Waals surface area contributed by atoms with Crippen LogP contribution >= 0.6 is 22.9 Å². The van der Waals surface area contributed by atoms with E-state index in [-0.39, 0.29) is 18.7 Å². The number of nitrogens with two attached hydrogens (primary N) is 1. The normalized spacial score (nSPS) is 15.3. The molecule has 8 heteroatoms. The average molecular weight is 373 g/mol. The Hall–Kier alpha value is -1.60. The summed E-state index contributed by atoms with van der Waals surface area (Å²) in [6.07, 6.45) is 0.159. The summed E-state index contributed by atoms with van der Waals surface area (Å²) in [4.78, 5) is 38.2. The minimum absolute atomic E-state index is 0.0185. The largest absolute Gasteiger partial charge is 0.460 e. The van der Waals surface area contributed by atoms with Crippen LogP contribution in [0.5, 0.6) is 0 Å². The number of esters is 1. The number of rotatable bonds is 6. The fourth-order valence-corrected chi connectivity index (χ4v) is 3.98. The van der Waals surface area contributed by atoms with Crippen molar-refractivity contribution in [1.29, 1.82) is 0 Å². The highest BCUT2D eigenvalue weighted by Crippen LogP contribution is 2.34. The van der Waals surface area contributed by atoms with E-state index >= 15 is 0 Å². The third-order valence-electron chi connectivity index (χ3n) is 3.65. The lowest BCUT2D eigenvalue weighted by atomic mass is 10.1. The monoisotopic (exact) mass is 372 g/mol. The molecule has 0 saturated carbocycles. The summed E-state index contributed by atoms with van der Waals surface area (Å²) in [5, 5.41) is 1.85. The Morgan fingerprint density at radius 2 is 2.12 bits per heavy atom. The zero-order chi connectivity index (χ0) is 18.1. The van der Waals surface area contributed by atoms with Gasteiger partial charge in [0.05, 0.1) is 4.88 Å². The minimum Gasteiger partial charge on any atom is -0.460 e. The molecule has 0 fully saturated rings. The van der Waals surface area contributed by atoms with Crippen molar-refractivity contribution in [3.05, 3.63) is 21.4 Å². The number of alkyl halides is 1. The summed E-state index contributed by atoms with van der Waals surface area (Å²) in [5.74, 6) is -0.975. The zero-order valence-corrected chi connectivity index (χ0v) is 15.5. The van der Waals surface area contributed by atoms with Gasteiger partial charge >= 0.3 is 5.97 Å². The molecule has 1 aliphatic heterocycles. The van der Waals surface area contributed by atoms with Crippen molar-refractivity contribution in [2.45, 2.75) is 57.7 Å². The van der Waals surface area contributed by atoms with Gasteiger partial charge in [0.2, 0.25) is 5.91 Å². The van der Waals surface area contributed by atoms with Gasteiger partial charge in [0, 0.05) is 18.8 Å². The van der Waals surface area contributed by atoms with Gasteiger partial charge in [-0.05, 0) is 43.7 Å². The molecule has 0 bridgehead atoms. The molecule has 0 aliphatic carbocycles. The van der Waals surface area contributed by atoms with E-state index in [1.807, 2.05) is 5.38 Å². The van der Waals surface area contributed by atoms with Gasteiger partial charge in [-0.3, -0.25) is 14.4 Å². The number of ether oxygens (including phenoxy) is 1. The summed E-state index contributed by atoms with van der Waals surface area (Å²) >= 11 is 7.19. The molecule has 6 nitrogen and oxygen atoms in total. The first-order chi connectivity index (χ1) is 11.1. The van der Waals surface area contributed by atoms with Crippen molar-refractivity contribution in [1.82, 2.24) is 4.90 Å². The van der Waals surface area contributed by atoms with Crippen molar-refractivity contribution >= 4 is 40.7 Å².